The summed E-state index contributed by atoms with van der Waals surface area (Å²) in [5.41, 5.74) is 9.06. The van der Waals surface area contributed by atoms with Gasteiger partial charge in [0.2, 0.25) is 5.91 Å². The van der Waals surface area contributed by atoms with E-state index < -0.39 is 5.91 Å². The molecule has 0 bridgehead atoms. The number of nitrogens with two attached hydrogens (primary N) is 1. The van der Waals surface area contributed by atoms with Crippen LogP contribution in [-0.2, 0) is 18.3 Å². The summed E-state index contributed by atoms with van der Waals surface area (Å²) in [7, 11) is 1.73. The molecule has 2 N–H and O–H groups in total. The van der Waals surface area contributed by atoms with Crippen molar-refractivity contribution >= 4 is 28.4 Å². The minimum Gasteiger partial charge on any atom is -0.364 e. The molecule has 0 radical (unpaired) electrons. The van der Waals surface area contributed by atoms with Crippen molar-refractivity contribution in [3.8, 4) is 5.69 Å². The van der Waals surface area contributed by atoms with E-state index in [1.165, 1.54) is 22.4 Å². The van der Waals surface area contributed by atoms with Gasteiger partial charge in [-0.2, -0.15) is 10.2 Å². The molecular weight excluding hydrogens is 507 g/mol. The standard InChI is InChI=1S/C26H24FN3O.C5H7N3O/c1-2-22-15-19(14-18-6-4-3-5-7-18)26(31)29(22)24-12-13-25-20(16-24)17-28-30(25)23-10-8-21(27)9-11-23;1-8-3-2-4(7-8)5(6)9/h3-13,16-17,19,22H,2,14-15H2,1H3;2-3H,1H3,(H2,6,9)/t19-,22+;/m0./s1. The van der Waals surface area contributed by atoms with Crippen molar-refractivity contribution in [3.05, 3.63) is 108 Å². The predicted molar refractivity (Wildman–Crippen MR) is 153 cm³/mol. The number of aryl methyl sites for hydroxylation is 1. The average molecular weight is 539 g/mol. The van der Waals surface area contributed by atoms with Crippen molar-refractivity contribution in [2.45, 2.75) is 32.2 Å². The molecule has 0 aliphatic carbocycles. The van der Waals surface area contributed by atoms with Crippen LogP contribution in [0.3, 0.4) is 0 Å². The van der Waals surface area contributed by atoms with Crippen molar-refractivity contribution in [2.75, 3.05) is 4.90 Å². The molecule has 9 heteroatoms. The van der Waals surface area contributed by atoms with Crippen LogP contribution in [0.5, 0.6) is 0 Å². The summed E-state index contributed by atoms with van der Waals surface area (Å²) in [5, 5.41) is 9.19. The summed E-state index contributed by atoms with van der Waals surface area (Å²) >= 11 is 0. The van der Waals surface area contributed by atoms with Crippen LogP contribution < -0.4 is 10.6 Å². The molecule has 8 nitrogen and oxygen atoms in total. The Hall–Kier alpha value is -4.79. The van der Waals surface area contributed by atoms with Crippen molar-refractivity contribution in [1.29, 1.82) is 0 Å². The van der Waals surface area contributed by atoms with Crippen molar-refractivity contribution < 1.29 is 14.0 Å². The van der Waals surface area contributed by atoms with Gasteiger partial charge in [-0.3, -0.25) is 14.3 Å². The fraction of sp³-hybridized carbons (Fsp3) is 0.226. The molecule has 0 unspecified atom stereocenters. The lowest BCUT2D eigenvalue weighted by molar-refractivity contribution is -0.120. The van der Waals surface area contributed by atoms with Crippen LogP contribution in [0.15, 0.2) is 91.3 Å². The highest BCUT2D eigenvalue weighted by Gasteiger charge is 2.39. The first kappa shape index (κ1) is 26.8. The van der Waals surface area contributed by atoms with Gasteiger partial charge in [0.15, 0.2) is 0 Å². The van der Waals surface area contributed by atoms with E-state index >= 15 is 0 Å². The number of primary amides is 1. The van der Waals surface area contributed by atoms with E-state index in [4.69, 9.17) is 5.73 Å². The predicted octanol–water partition coefficient (Wildman–Crippen LogP) is 5.06. The SMILES string of the molecule is CC[C@@H]1C[C@H](Cc2ccccc2)C(=O)N1c1ccc2c(cnn2-c2ccc(F)cc2)c1.Cn1ccc(C(N)=O)n1. The number of nitrogens with zero attached hydrogens (tertiary/aromatic N) is 5. The number of hydrogen-bond acceptors (Lipinski definition) is 4. The molecular formula is C31H31FN6O2. The van der Waals surface area contributed by atoms with Gasteiger partial charge in [0, 0.05) is 36.3 Å². The fourth-order valence-electron chi connectivity index (χ4n) is 5.17. The van der Waals surface area contributed by atoms with Crippen molar-refractivity contribution in [2.24, 2.45) is 18.7 Å². The molecule has 1 fully saturated rings. The summed E-state index contributed by atoms with van der Waals surface area (Å²) < 4.78 is 16.6. The van der Waals surface area contributed by atoms with Gasteiger partial charge in [-0.25, -0.2) is 9.07 Å². The molecule has 2 atom stereocenters. The second-order valence-electron chi connectivity index (χ2n) is 9.91. The zero-order valence-corrected chi connectivity index (χ0v) is 22.4. The Balaban J connectivity index is 0.000000306. The van der Waals surface area contributed by atoms with Gasteiger partial charge in [0.25, 0.3) is 5.91 Å². The Bertz CT molecular complexity index is 1630. The first-order chi connectivity index (χ1) is 19.3. The van der Waals surface area contributed by atoms with Crippen molar-refractivity contribution in [3.63, 3.8) is 0 Å². The van der Waals surface area contributed by atoms with Crippen LogP contribution in [0, 0.1) is 11.7 Å². The summed E-state index contributed by atoms with van der Waals surface area (Å²) in [6.07, 6.45) is 6.03. The molecule has 1 aliphatic heterocycles. The molecule has 5 aromatic rings. The molecule has 204 valence electrons. The minimum atomic E-state index is -0.490. The van der Waals surface area contributed by atoms with Crippen LogP contribution in [0.4, 0.5) is 10.1 Å². The monoisotopic (exact) mass is 538 g/mol. The third-order valence-corrected chi connectivity index (χ3v) is 7.17. The molecule has 3 heterocycles. The van der Waals surface area contributed by atoms with Crippen LogP contribution in [-0.4, -0.2) is 37.4 Å². The summed E-state index contributed by atoms with van der Waals surface area (Å²) in [6.45, 7) is 2.14. The lowest BCUT2D eigenvalue weighted by Crippen LogP contribution is -2.33. The number of amides is 2. The Kier molecular flexibility index (Phi) is 7.72. The zero-order chi connectivity index (χ0) is 28.2. The molecule has 3 aromatic carbocycles. The Morgan fingerprint density at radius 2 is 1.75 bits per heavy atom. The third kappa shape index (κ3) is 5.63. The summed E-state index contributed by atoms with van der Waals surface area (Å²) in [4.78, 5) is 25.7. The lowest BCUT2D eigenvalue weighted by atomic mass is 9.96. The second kappa shape index (κ2) is 11.5. The van der Waals surface area contributed by atoms with E-state index in [2.05, 4.69) is 29.3 Å². The highest BCUT2D eigenvalue weighted by atomic mass is 19.1. The maximum Gasteiger partial charge on any atom is 0.269 e. The number of carbonyl (C=O) groups is 2. The van der Waals surface area contributed by atoms with Gasteiger partial charge < -0.3 is 10.6 Å². The maximum absolute atomic E-state index is 13.3. The van der Waals surface area contributed by atoms with E-state index in [0.29, 0.717) is 5.69 Å². The first-order valence-corrected chi connectivity index (χ1v) is 13.2. The van der Waals surface area contributed by atoms with Crippen molar-refractivity contribution in [1.82, 2.24) is 19.6 Å². The number of anilines is 1. The van der Waals surface area contributed by atoms with Gasteiger partial charge in [0.1, 0.15) is 11.5 Å². The zero-order valence-electron chi connectivity index (χ0n) is 22.4. The van der Waals surface area contributed by atoms with E-state index in [1.807, 2.05) is 41.3 Å². The van der Waals surface area contributed by atoms with Gasteiger partial charge in [-0.15, -0.1) is 0 Å². The number of benzene rings is 3. The third-order valence-electron chi connectivity index (χ3n) is 7.17. The number of hydrogen-bond donors (Lipinski definition) is 1. The smallest absolute Gasteiger partial charge is 0.269 e. The maximum atomic E-state index is 13.3. The normalized spacial score (nSPS) is 16.7. The number of fused-ring (bicyclic) bond motifs is 1. The molecule has 0 saturated carbocycles. The molecule has 1 saturated heterocycles. The quantitative estimate of drug-likeness (QED) is 0.327. The Morgan fingerprint density at radius 1 is 1.02 bits per heavy atom. The lowest BCUT2D eigenvalue weighted by Gasteiger charge is -2.24. The van der Waals surface area contributed by atoms with E-state index in [0.717, 1.165) is 41.5 Å². The average Bonchev–Trinajstić information content (AvgIpc) is 3.67. The van der Waals surface area contributed by atoms with E-state index in [9.17, 15) is 14.0 Å². The first-order valence-electron chi connectivity index (χ1n) is 13.2. The minimum absolute atomic E-state index is 0.00462. The Labute approximate surface area is 231 Å². The number of aromatic nitrogens is 4. The summed E-state index contributed by atoms with van der Waals surface area (Å²) in [6, 6.07) is 24.3. The largest absolute Gasteiger partial charge is 0.364 e. The number of rotatable bonds is 6. The van der Waals surface area contributed by atoms with Crippen LogP contribution in [0.25, 0.3) is 16.6 Å². The van der Waals surface area contributed by atoms with Crippen LogP contribution >= 0.6 is 0 Å². The Morgan fingerprint density at radius 3 is 2.38 bits per heavy atom. The van der Waals surface area contributed by atoms with Gasteiger partial charge >= 0.3 is 0 Å². The molecule has 0 spiro atoms. The van der Waals surface area contributed by atoms with Crippen LogP contribution in [0.2, 0.25) is 0 Å². The molecule has 40 heavy (non-hydrogen) atoms. The summed E-state index contributed by atoms with van der Waals surface area (Å²) in [5.74, 6) is -0.563. The van der Waals surface area contributed by atoms with Gasteiger partial charge in [-0.1, -0.05) is 37.3 Å². The highest BCUT2D eigenvalue weighted by molar-refractivity contribution is 6.00. The molecule has 2 aromatic heterocycles. The second-order valence-corrected chi connectivity index (χ2v) is 9.91. The molecule has 1 aliphatic rings. The van der Waals surface area contributed by atoms with Gasteiger partial charge in [-0.05, 0) is 73.4 Å². The fourth-order valence-corrected chi connectivity index (χ4v) is 5.17. The highest BCUT2D eigenvalue weighted by Crippen LogP contribution is 2.35. The number of carbonyl (C=O) groups excluding carboxylic acids is 2. The van der Waals surface area contributed by atoms with E-state index in [1.54, 1.807) is 42.3 Å². The molecule has 2 amide bonds. The topological polar surface area (TPSA) is 99.0 Å². The van der Waals surface area contributed by atoms with Gasteiger partial charge in [0.05, 0.1) is 17.4 Å². The molecule has 6 rings (SSSR count). The van der Waals surface area contributed by atoms with Crippen LogP contribution in [0.1, 0.15) is 35.8 Å². The van der Waals surface area contributed by atoms with E-state index in [-0.39, 0.29) is 23.7 Å². The number of halogens is 1.